The first-order chi connectivity index (χ1) is 11.5. The second kappa shape index (κ2) is 7.19. The Bertz CT molecular complexity index is 578. The van der Waals surface area contributed by atoms with Crippen molar-refractivity contribution in [3.63, 3.8) is 0 Å². The molecule has 0 saturated carbocycles. The van der Waals surface area contributed by atoms with Gasteiger partial charge in [0.15, 0.2) is 0 Å². The zero-order valence-electron chi connectivity index (χ0n) is 14.3. The molecule has 3 rings (SSSR count). The molecule has 0 aromatic heterocycles. The van der Waals surface area contributed by atoms with Crippen molar-refractivity contribution in [2.45, 2.75) is 44.6 Å². The van der Waals surface area contributed by atoms with Crippen LogP contribution in [0.5, 0.6) is 0 Å². The predicted octanol–water partition coefficient (Wildman–Crippen LogP) is 2.85. The molecule has 132 valence electrons. The largest absolute Gasteiger partial charge is 0.381 e. The van der Waals surface area contributed by atoms with Crippen LogP contribution in [0.15, 0.2) is 24.3 Å². The SMILES string of the molecule is C[C@@]1(CNC(=O)C2(Cc3ccccc3F)CCOCC2)CCCO1. The Hall–Kier alpha value is -1.46. The fourth-order valence-corrected chi connectivity index (χ4v) is 3.68. The van der Waals surface area contributed by atoms with E-state index < -0.39 is 5.41 Å². The Labute approximate surface area is 142 Å². The third-order valence-corrected chi connectivity index (χ3v) is 5.34. The van der Waals surface area contributed by atoms with Gasteiger partial charge in [0.25, 0.3) is 0 Å². The maximum Gasteiger partial charge on any atom is 0.226 e. The molecule has 2 heterocycles. The summed E-state index contributed by atoms with van der Waals surface area (Å²) in [5, 5.41) is 3.07. The maximum absolute atomic E-state index is 14.1. The molecule has 2 saturated heterocycles. The first-order valence-corrected chi connectivity index (χ1v) is 8.77. The molecule has 24 heavy (non-hydrogen) atoms. The molecule has 2 fully saturated rings. The first kappa shape index (κ1) is 17.4. The highest BCUT2D eigenvalue weighted by Gasteiger charge is 2.41. The van der Waals surface area contributed by atoms with E-state index in [1.165, 1.54) is 6.07 Å². The molecule has 0 radical (unpaired) electrons. The number of carbonyl (C=O) groups is 1. The monoisotopic (exact) mass is 335 g/mol. The average Bonchev–Trinajstić information content (AvgIpc) is 3.03. The molecule has 0 unspecified atom stereocenters. The zero-order chi connectivity index (χ0) is 17.0. The maximum atomic E-state index is 14.1. The van der Waals surface area contributed by atoms with Gasteiger partial charge in [0.1, 0.15) is 5.82 Å². The second-order valence-electron chi connectivity index (χ2n) is 7.25. The number of ether oxygens (including phenoxy) is 2. The molecule has 1 amide bonds. The van der Waals surface area contributed by atoms with Crippen molar-refractivity contribution < 1.29 is 18.7 Å². The minimum absolute atomic E-state index is 0.00854. The lowest BCUT2D eigenvalue weighted by Crippen LogP contribution is -2.50. The van der Waals surface area contributed by atoms with Gasteiger partial charge in [-0.2, -0.15) is 0 Å². The smallest absolute Gasteiger partial charge is 0.226 e. The fourth-order valence-electron chi connectivity index (χ4n) is 3.68. The third kappa shape index (κ3) is 3.78. The van der Waals surface area contributed by atoms with Crippen LogP contribution in [0.3, 0.4) is 0 Å². The van der Waals surface area contributed by atoms with Crippen molar-refractivity contribution in [2.75, 3.05) is 26.4 Å². The van der Waals surface area contributed by atoms with E-state index in [0.717, 1.165) is 19.4 Å². The molecule has 0 aliphatic carbocycles. The van der Waals surface area contributed by atoms with Crippen LogP contribution >= 0.6 is 0 Å². The number of benzene rings is 1. The van der Waals surface area contributed by atoms with Gasteiger partial charge in [-0.1, -0.05) is 18.2 Å². The van der Waals surface area contributed by atoms with Crippen molar-refractivity contribution in [3.8, 4) is 0 Å². The van der Waals surface area contributed by atoms with Crippen LogP contribution in [0.4, 0.5) is 4.39 Å². The normalized spacial score (nSPS) is 26.2. The number of hydrogen-bond acceptors (Lipinski definition) is 3. The van der Waals surface area contributed by atoms with E-state index in [1.54, 1.807) is 12.1 Å². The number of amides is 1. The second-order valence-corrected chi connectivity index (χ2v) is 7.25. The lowest BCUT2D eigenvalue weighted by atomic mass is 9.74. The minimum Gasteiger partial charge on any atom is -0.381 e. The molecule has 0 spiro atoms. The topological polar surface area (TPSA) is 47.6 Å². The molecule has 1 aromatic carbocycles. The van der Waals surface area contributed by atoms with Gasteiger partial charge in [-0.25, -0.2) is 4.39 Å². The Morgan fingerprint density at radius 1 is 1.21 bits per heavy atom. The van der Waals surface area contributed by atoms with Crippen LogP contribution < -0.4 is 5.32 Å². The van der Waals surface area contributed by atoms with Crippen molar-refractivity contribution in [2.24, 2.45) is 5.41 Å². The van der Waals surface area contributed by atoms with Crippen LogP contribution in [-0.4, -0.2) is 37.9 Å². The Kier molecular flexibility index (Phi) is 5.21. The summed E-state index contributed by atoms with van der Waals surface area (Å²) in [5.41, 5.74) is -0.284. The molecule has 1 N–H and O–H groups in total. The minimum atomic E-state index is -0.602. The lowest BCUT2D eigenvalue weighted by molar-refractivity contribution is -0.138. The van der Waals surface area contributed by atoms with E-state index in [1.807, 2.05) is 13.0 Å². The van der Waals surface area contributed by atoms with Gasteiger partial charge in [0.05, 0.1) is 11.0 Å². The van der Waals surface area contributed by atoms with Gasteiger partial charge in [-0.05, 0) is 50.7 Å². The Balaban J connectivity index is 1.72. The number of nitrogens with one attached hydrogen (secondary N) is 1. The predicted molar refractivity (Wildman–Crippen MR) is 89.2 cm³/mol. The summed E-state index contributed by atoms with van der Waals surface area (Å²) in [7, 11) is 0. The van der Waals surface area contributed by atoms with Crippen molar-refractivity contribution in [3.05, 3.63) is 35.6 Å². The number of hydrogen-bond donors (Lipinski definition) is 1. The summed E-state index contributed by atoms with van der Waals surface area (Å²) >= 11 is 0. The van der Waals surface area contributed by atoms with E-state index in [0.29, 0.717) is 44.6 Å². The molecule has 1 aromatic rings. The standard InChI is InChI=1S/C19H26FNO3/c1-18(7-4-10-24-18)14-21-17(22)19(8-11-23-12-9-19)13-15-5-2-3-6-16(15)20/h2-3,5-6H,4,7-14H2,1H3,(H,21,22)/t18-/m0/s1. The molecular weight excluding hydrogens is 309 g/mol. The van der Waals surface area contributed by atoms with Crippen molar-refractivity contribution in [1.29, 1.82) is 0 Å². The van der Waals surface area contributed by atoms with E-state index in [2.05, 4.69) is 5.32 Å². The highest BCUT2D eigenvalue weighted by atomic mass is 19.1. The quantitative estimate of drug-likeness (QED) is 0.900. The molecule has 5 heteroatoms. The van der Waals surface area contributed by atoms with E-state index >= 15 is 0 Å². The molecule has 2 aliphatic heterocycles. The summed E-state index contributed by atoms with van der Waals surface area (Å²) in [5.74, 6) is -0.256. The van der Waals surface area contributed by atoms with Gasteiger partial charge in [-0.15, -0.1) is 0 Å². The summed E-state index contributed by atoms with van der Waals surface area (Å²) in [4.78, 5) is 13.0. The van der Waals surface area contributed by atoms with E-state index in [4.69, 9.17) is 9.47 Å². The lowest BCUT2D eigenvalue weighted by Gasteiger charge is -2.37. The zero-order valence-corrected chi connectivity index (χ0v) is 14.3. The van der Waals surface area contributed by atoms with Crippen molar-refractivity contribution in [1.82, 2.24) is 5.32 Å². The fraction of sp³-hybridized carbons (Fsp3) is 0.632. The molecule has 4 nitrogen and oxygen atoms in total. The average molecular weight is 335 g/mol. The molecular formula is C19H26FNO3. The van der Waals surface area contributed by atoms with E-state index in [9.17, 15) is 9.18 Å². The summed E-state index contributed by atoms with van der Waals surface area (Å²) in [6.45, 7) is 4.37. The Morgan fingerprint density at radius 2 is 1.96 bits per heavy atom. The van der Waals surface area contributed by atoms with Gasteiger partial charge < -0.3 is 14.8 Å². The van der Waals surface area contributed by atoms with Crippen LogP contribution in [0.1, 0.15) is 38.2 Å². The number of carbonyl (C=O) groups excluding carboxylic acids is 1. The number of rotatable bonds is 5. The highest BCUT2D eigenvalue weighted by molar-refractivity contribution is 5.83. The van der Waals surface area contributed by atoms with Crippen LogP contribution in [0.25, 0.3) is 0 Å². The van der Waals surface area contributed by atoms with Crippen LogP contribution in [-0.2, 0) is 20.7 Å². The summed E-state index contributed by atoms with van der Waals surface area (Å²) in [6, 6.07) is 6.71. The number of halogens is 1. The third-order valence-electron chi connectivity index (χ3n) is 5.34. The van der Waals surface area contributed by atoms with Crippen LogP contribution in [0.2, 0.25) is 0 Å². The highest BCUT2D eigenvalue weighted by Crippen LogP contribution is 2.36. The summed E-state index contributed by atoms with van der Waals surface area (Å²) in [6.07, 6.45) is 3.62. The molecule has 1 atom stereocenters. The molecule has 2 aliphatic rings. The Morgan fingerprint density at radius 3 is 2.62 bits per heavy atom. The van der Waals surface area contributed by atoms with Gasteiger partial charge in [-0.3, -0.25) is 4.79 Å². The van der Waals surface area contributed by atoms with E-state index in [-0.39, 0.29) is 17.3 Å². The van der Waals surface area contributed by atoms with Crippen molar-refractivity contribution >= 4 is 5.91 Å². The van der Waals surface area contributed by atoms with Crippen LogP contribution in [0, 0.1) is 11.2 Å². The first-order valence-electron chi connectivity index (χ1n) is 8.77. The van der Waals surface area contributed by atoms with Gasteiger partial charge >= 0.3 is 0 Å². The molecule has 0 bridgehead atoms. The summed E-state index contributed by atoms with van der Waals surface area (Å²) < 4.78 is 25.3. The van der Waals surface area contributed by atoms with Gasteiger partial charge in [0, 0.05) is 26.4 Å². The van der Waals surface area contributed by atoms with Gasteiger partial charge in [0.2, 0.25) is 5.91 Å².